The summed E-state index contributed by atoms with van der Waals surface area (Å²) in [6.07, 6.45) is -1.77. The number of nitrogens with one attached hydrogen (secondary N) is 1. The van der Waals surface area contributed by atoms with Crippen molar-refractivity contribution >= 4 is 17.0 Å². The molecule has 2 aromatic heterocycles. The molecule has 11 heteroatoms. The van der Waals surface area contributed by atoms with Crippen LogP contribution in [0.5, 0.6) is 5.75 Å². The minimum absolute atomic E-state index is 0.0937. The van der Waals surface area contributed by atoms with Crippen LogP contribution in [0.2, 0.25) is 0 Å². The number of aromatic hydroxyl groups is 1. The van der Waals surface area contributed by atoms with Crippen molar-refractivity contribution in [3.05, 3.63) is 42.2 Å². The van der Waals surface area contributed by atoms with Gasteiger partial charge in [0.2, 0.25) is 0 Å². The Labute approximate surface area is 157 Å². The quantitative estimate of drug-likeness (QED) is 0.402. The van der Waals surface area contributed by atoms with Gasteiger partial charge in [0.05, 0.1) is 12.9 Å². The number of fused-ring (bicyclic) bond motifs is 1. The van der Waals surface area contributed by atoms with Crippen molar-refractivity contribution in [2.24, 2.45) is 0 Å². The predicted molar refractivity (Wildman–Crippen MR) is 93.7 cm³/mol. The number of para-hydroxylation sites is 1. The number of phenols is 1. The molecule has 1 unspecified atom stereocenters. The number of halogens is 1. The number of nitrogens with zero attached hydrogens (tertiary/aromatic N) is 4. The summed E-state index contributed by atoms with van der Waals surface area (Å²) >= 11 is 0. The third-order valence-corrected chi connectivity index (χ3v) is 4.67. The molecule has 3 heterocycles. The Balaban J connectivity index is 1.61. The van der Waals surface area contributed by atoms with E-state index in [9.17, 15) is 24.8 Å². The van der Waals surface area contributed by atoms with Gasteiger partial charge < -0.3 is 30.5 Å². The molecule has 1 aliphatic heterocycles. The third kappa shape index (κ3) is 3.03. The fraction of sp³-hybridized carbons (Fsp3) is 0.353. The number of anilines is 1. The van der Waals surface area contributed by atoms with E-state index in [1.54, 1.807) is 6.07 Å². The molecule has 1 aromatic carbocycles. The van der Waals surface area contributed by atoms with Crippen LogP contribution in [-0.2, 0) is 11.3 Å². The molecular formula is C17H18FN5O5. The van der Waals surface area contributed by atoms with Gasteiger partial charge in [0, 0.05) is 12.1 Å². The number of hydrogen-bond acceptors (Lipinski definition) is 9. The first-order valence-corrected chi connectivity index (χ1v) is 8.51. The van der Waals surface area contributed by atoms with Crippen LogP contribution in [0.1, 0.15) is 11.8 Å². The number of aliphatic hydroxyl groups is 3. The molecule has 0 radical (unpaired) electrons. The first-order valence-electron chi connectivity index (χ1n) is 8.51. The van der Waals surface area contributed by atoms with Crippen LogP contribution in [-0.4, -0.2) is 64.9 Å². The summed E-state index contributed by atoms with van der Waals surface area (Å²) in [6, 6.07) is 4.21. The monoisotopic (exact) mass is 391 g/mol. The number of imidazole rings is 1. The van der Waals surface area contributed by atoms with Crippen molar-refractivity contribution in [3.63, 3.8) is 0 Å². The second-order valence-corrected chi connectivity index (χ2v) is 6.38. The summed E-state index contributed by atoms with van der Waals surface area (Å²) in [7, 11) is 0. The van der Waals surface area contributed by atoms with Crippen molar-refractivity contribution in [1.29, 1.82) is 0 Å². The highest BCUT2D eigenvalue weighted by atomic mass is 19.1. The molecule has 4 atom stereocenters. The van der Waals surface area contributed by atoms with Gasteiger partial charge in [-0.05, 0) is 6.07 Å². The number of hydrogen-bond donors (Lipinski definition) is 5. The molecule has 148 valence electrons. The Morgan fingerprint density at radius 1 is 1.18 bits per heavy atom. The van der Waals surface area contributed by atoms with Crippen LogP contribution in [0.15, 0.2) is 30.9 Å². The first-order chi connectivity index (χ1) is 13.5. The van der Waals surface area contributed by atoms with E-state index in [0.717, 1.165) is 6.07 Å². The Morgan fingerprint density at radius 2 is 2.00 bits per heavy atom. The average Bonchev–Trinajstić information content (AvgIpc) is 3.25. The van der Waals surface area contributed by atoms with Crippen molar-refractivity contribution in [2.75, 3.05) is 11.9 Å². The molecule has 4 rings (SSSR count). The van der Waals surface area contributed by atoms with Gasteiger partial charge in [-0.25, -0.2) is 19.3 Å². The van der Waals surface area contributed by atoms with E-state index < -0.39 is 42.7 Å². The zero-order valence-electron chi connectivity index (χ0n) is 14.5. The molecule has 1 aliphatic rings. The van der Waals surface area contributed by atoms with Gasteiger partial charge in [0.25, 0.3) is 0 Å². The van der Waals surface area contributed by atoms with Crippen molar-refractivity contribution in [1.82, 2.24) is 19.5 Å². The summed E-state index contributed by atoms with van der Waals surface area (Å²) in [5.41, 5.74) is 1.03. The van der Waals surface area contributed by atoms with E-state index in [2.05, 4.69) is 20.3 Å². The van der Waals surface area contributed by atoms with Crippen LogP contribution in [0, 0.1) is 5.82 Å². The standard InChI is InChI=1S/C17H18FN5O5/c18-9-3-1-2-8(12(9)25)4-19-15-11-16(21-6-20-15)23(7-22-11)17-14(27)13(26)10(5-24)28-17/h1-3,6-7,10,13-14,17,24-27H,4-5H2,(H,19,20,21)/t10-,13-,14+,17?/m1/s1. The van der Waals surface area contributed by atoms with Crippen LogP contribution in [0.4, 0.5) is 10.2 Å². The number of aliphatic hydroxyl groups excluding tert-OH is 3. The fourth-order valence-corrected chi connectivity index (χ4v) is 3.16. The Bertz CT molecular complexity index is 999. The summed E-state index contributed by atoms with van der Waals surface area (Å²) in [6.45, 7) is -0.351. The molecule has 28 heavy (non-hydrogen) atoms. The Hall–Kier alpha value is -2.86. The molecule has 0 bridgehead atoms. The van der Waals surface area contributed by atoms with E-state index in [4.69, 9.17) is 4.74 Å². The van der Waals surface area contributed by atoms with E-state index in [1.807, 2.05) is 0 Å². The lowest BCUT2D eigenvalue weighted by atomic mass is 10.1. The van der Waals surface area contributed by atoms with E-state index in [1.165, 1.54) is 23.3 Å². The topological polar surface area (TPSA) is 146 Å². The molecule has 0 saturated carbocycles. The highest BCUT2D eigenvalue weighted by Gasteiger charge is 2.44. The normalized spacial score (nSPS) is 24.7. The molecule has 0 amide bonds. The minimum Gasteiger partial charge on any atom is -0.505 e. The predicted octanol–water partition coefficient (Wildman–Crippen LogP) is -0.105. The molecule has 0 aliphatic carbocycles. The van der Waals surface area contributed by atoms with E-state index in [-0.39, 0.29) is 6.54 Å². The number of rotatable bonds is 5. The van der Waals surface area contributed by atoms with Gasteiger partial charge in [0.1, 0.15) is 24.6 Å². The minimum atomic E-state index is -1.27. The van der Waals surface area contributed by atoms with Crippen LogP contribution in [0.3, 0.4) is 0 Å². The molecule has 5 N–H and O–H groups in total. The van der Waals surface area contributed by atoms with Crippen molar-refractivity contribution < 1.29 is 29.6 Å². The molecular weight excluding hydrogens is 373 g/mol. The maximum Gasteiger partial charge on any atom is 0.167 e. The molecule has 1 saturated heterocycles. The lowest BCUT2D eigenvalue weighted by Crippen LogP contribution is -2.33. The van der Waals surface area contributed by atoms with Gasteiger partial charge >= 0.3 is 0 Å². The highest BCUT2D eigenvalue weighted by molar-refractivity contribution is 5.82. The van der Waals surface area contributed by atoms with Gasteiger partial charge in [-0.15, -0.1) is 0 Å². The third-order valence-electron chi connectivity index (χ3n) is 4.67. The maximum absolute atomic E-state index is 13.5. The van der Waals surface area contributed by atoms with Gasteiger partial charge in [0.15, 0.2) is 34.8 Å². The lowest BCUT2D eigenvalue weighted by Gasteiger charge is -2.16. The molecule has 0 spiro atoms. The summed E-state index contributed by atoms with van der Waals surface area (Å²) in [5.74, 6) is -0.836. The summed E-state index contributed by atoms with van der Waals surface area (Å²) in [5, 5.41) is 42.2. The number of aromatic nitrogens is 4. The Kier molecular flexibility index (Phi) is 4.81. The smallest absolute Gasteiger partial charge is 0.167 e. The van der Waals surface area contributed by atoms with Crippen molar-refractivity contribution in [3.8, 4) is 5.75 Å². The van der Waals surface area contributed by atoms with E-state index in [0.29, 0.717) is 22.5 Å². The molecule has 3 aromatic rings. The zero-order valence-corrected chi connectivity index (χ0v) is 14.5. The summed E-state index contributed by atoms with van der Waals surface area (Å²) < 4.78 is 20.4. The van der Waals surface area contributed by atoms with Crippen LogP contribution < -0.4 is 5.32 Å². The second-order valence-electron chi connectivity index (χ2n) is 6.38. The van der Waals surface area contributed by atoms with Crippen molar-refractivity contribution in [2.45, 2.75) is 31.1 Å². The van der Waals surface area contributed by atoms with Crippen LogP contribution >= 0.6 is 0 Å². The van der Waals surface area contributed by atoms with E-state index >= 15 is 0 Å². The number of phenolic OH excluding ortho intramolecular Hbond substituents is 1. The fourth-order valence-electron chi connectivity index (χ4n) is 3.16. The SMILES string of the molecule is OC[C@H]1OC(n2cnc3c(NCc4cccc(F)c4O)ncnc32)[C@@H](O)[C@@H]1O. The average molecular weight is 391 g/mol. The molecule has 10 nitrogen and oxygen atoms in total. The number of ether oxygens (including phenoxy) is 1. The van der Waals surface area contributed by atoms with Gasteiger partial charge in [-0.3, -0.25) is 4.57 Å². The first kappa shape index (κ1) is 18.5. The van der Waals surface area contributed by atoms with Gasteiger partial charge in [-0.2, -0.15) is 0 Å². The zero-order chi connectivity index (χ0) is 19.8. The second kappa shape index (κ2) is 7.28. The number of benzene rings is 1. The largest absolute Gasteiger partial charge is 0.505 e. The Morgan fingerprint density at radius 3 is 2.75 bits per heavy atom. The van der Waals surface area contributed by atoms with Crippen LogP contribution in [0.25, 0.3) is 11.2 Å². The summed E-state index contributed by atoms with van der Waals surface area (Å²) in [4.78, 5) is 12.5. The highest BCUT2D eigenvalue weighted by Crippen LogP contribution is 2.32. The molecule has 1 fully saturated rings. The maximum atomic E-state index is 13.5. The van der Waals surface area contributed by atoms with Gasteiger partial charge in [-0.1, -0.05) is 12.1 Å². The lowest BCUT2D eigenvalue weighted by molar-refractivity contribution is -0.0511.